The zero-order chi connectivity index (χ0) is 22.3. The molecule has 0 aliphatic rings. The van der Waals surface area contributed by atoms with E-state index in [4.69, 9.17) is 11.6 Å². The molecule has 0 saturated carbocycles. The summed E-state index contributed by atoms with van der Waals surface area (Å²) in [5.74, 6) is -2.95. The Kier molecular flexibility index (Phi) is 5.91. The average Bonchev–Trinajstić information content (AvgIpc) is 2.64. The maximum absolute atomic E-state index is 14.6. The highest BCUT2D eigenvalue weighted by Crippen LogP contribution is 2.40. The number of hydrogen-bond acceptors (Lipinski definition) is 1. The van der Waals surface area contributed by atoms with Gasteiger partial charge in [-0.2, -0.15) is 22.0 Å². The predicted octanol–water partition coefficient (Wildman–Crippen LogP) is 7.87. The third-order valence-corrected chi connectivity index (χ3v) is 4.84. The standard InChI is InChI=1S/C21H14ClF7O/c1-2-3-11-4-8-15(17(22)18(11)23)21(28,29)30-13-6-7-14-12(10-13)5-9-16(19(14)24)20(25,26)27/h4-10H,2-3H2,1H3. The summed E-state index contributed by atoms with van der Waals surface area (Å²) < 4.78 is 101. The van der Waals surface area contributed by atoms with Crippen molar-refractivity contribution in [1.29, 1.82) is 0 Å². The molecule has 9 heteroatoms. The Hall–Kier alpha value is -2.48. The summed E-state index contributed by atoms with van der Waals surface area (Å²) in [4.78, 5) is 0. The molecule has 0 aromatic heterocycles. The van der Waals surface area contributed by atoms with E-state index in [1.54, 1.807) is 6.92 Å². The van der Waals surface area contributed by atoms with E-state index >= 15 is 0 Å². The molecule has 0 unspecified atom stereocenters. The van der Waals surface area contributed by atoms with Crippen molar-refractivity contribution < 1.29 is 35.5 Å². The molecule has 0 fully saturated rings. The van der Waals surface area contributed by atoms with Crippen molar-refractivity contribution in [2.45, 2.75) is 32.1 Å². The maximum Gasteiger partial charge on any atom is 0.428 e. The number of benzene rings is 3. The molecule has 0 aliphatic heterocycles. The van der Waals surface area contributed by atoms with Gasteiger partial charge in [0.15, 0.2) is 0 Å². The molecule has 0 atom stereocenters. The minimum absolute atomic E-state index is 0.0793. The summed E-state index contributed by atoms with van der Waals surface area (Å²) in [7, 11) is 0. The highest BCUT2D eigenvalue weighted by Gasteiger charge is 2.39. The largest absolute Gasteiger partial charge is 0.429 e. The van der Waals surface area contributed by atoms with Crippen LogP contribution in [0.4, 0.5) is 30.7 Å². The number of rotatable bonds is 5. The molecule has 3 aromatic carbocycles. The van der Waals surface area contributed by atoms with Gasteiger partial charge in [-0.1, -0.05) is 37.1 Å². The van der Waals surface area contributed by atoms with Crippen molar-refractivity contribution in [2.24, 2.45) is 0 Å². The second-order valence-electron chi connectivity index (χ2n) is 6.58. The number of halogens is 8. The molecule has 0 spiro atoms. The summed E-state index contributed by atoms with van der Waals surface area (Å²) in [5, 5.41) is -1.27. The van der Waals surface area contributed by atoms with Gasteiger partial charge in [0.2, 0.25) is 0 Å². The molecule has 0 amide bonds. The van der Waals surface area contributed by atoms with Gasteiger partial charge >= 0.3 is 12.3 Å². The topological polar surface area (TPSA) is 9.23 Å². The second kappa shape index (κ2) is 7.98. The monoisotopic (exact) mass is 450 g/mol. The smallest absolute Gasteiger partial charge is 0.428 e. The van der Waals surface area contributed by atoms with Crippen LogP contribution in [0.1, 0.15) is 30.0 Å². The number of alkyl halides is 5. The highest BCUT2D eigenvalue weighted by molar-refractivity contribution is 6.31. The van der Waals surface area contributed by atoms with Crippen molar-refractivity contribution >= 4 is 22.4 Å². The zero-order valence-electron chi connectivity index (χ0n) is 15.4. The molecule has 0 radical (unpaired) electrons. The summed E-state index contributed by atoms with van der Waals surface area (Å²) in [6.07, 6.45) is -8.04. The SMILES string of the molecule is CCCc1ccc(C(F)(F)Oc2ccc3c(F)c(C(F)(F)F)ccc3c2)c(Cl)c1F. The fourth-order valence-electron chi connectivity index (χ4n) is 3.03. The van der Waals surface area contributed by atoms with Gasteiger partial charge in [-0.25, -0.2) is 8.78 Å². The zero-order valence-corrected chi connectivity index (χ0v) is 16.1. The van der Waals surface area contributed by atoms with E-state index in [1.165, 1.54) is 6.07 Å². The predicted molar refractivity (Wildman–Crippen MR) is 98.8 cm³/mol. The van der Waals surface area contributed by atoms with Crippen LogP contribution in [0.5, 0.6) is 5.75 Å². The lowest BCUT2D eigenvalue weighted by atomic mass is 10.0. The van der Waals surface area contributed by atoms with Crippen LogP contribution in [0.3, 0.4) is 0 Å². The minimum atomic E-state index is -4.90. The minimum Gasteiger partial charge on any atom is -0.429 e. The van der Waals surface area contributed by atoms with Gasteiger partial charge in [0.05, 0.1) is 16.1 Å². The van der Waals surface area contributed by atoms with Gasteiger partial charge in [0, 0.05) is 5.39 Å². The van der Waals surface area contributed by atoms with E-state index in [-0.39, 0.29) is 10.9 Å². The van der Waals surface area contributed by atoms with Crippen molar-refractivity contribution in [2.75, 3.05) is 0 Å². The quantitative estimate of drug-likeness (QED) is 0.359. The van der Waals surface area contributed by atoms with Crippen LogP contribution in [0.2, 0.25) is 5.02 Å². The van der Waals surface area contributed by atoms with Gasteiger partial charge in [-0.3, -0.25) is 0 Å². The second-order valence-corrected chi connectivity index (χ2v) is 6.95. The Morgan fingerprint density at radius 1 is 0.867 bits per heavy atom. The van der Waals surface area contributed by atoms with Gasteiger partial charge in [-0.05, 0) is 47.7 Å². The van der Waals surface area contributed by atoms with Crippen molar-refractivity contribution in [3.63, 3.8) is 0 Å². The van der Waals surface area contributed by atoms with E-state index in [9.17, 15) is 30.7 Å². The van der Waals surface area contributed by atoms with E-state index in [0.29, 0.717) is 18.9 Å². The van der Waals surface area contributed by atoms with Gasteiger partial charge < -0.3 is 4.74 Å². The van der Waals surface area contributed by atoms with E-state index in [1.807, 2.05) is 0 Å². The van der Waals surface area contributed by atoms with Crippen LogP contribution in [-0.4, -0.2) is 0 Å². The van der Waals surface area contributed by atoms with Crippen LogP contribution in [0.15, 0.2) is 42.5 Å². The molecule has 30 heavy (non-hydrogen) atoms. The molecule has 0 heterocycles. The van der Waals surface area contributed by atoms with Crippen LogP contribution in [0.25, 0.3) is 10.8 Å². The molecule has 3 aromatic rings. The lowest BCUT2D eigenvalue weighted by molar-refractivity contribution is -0.185. The number of fused-ring (bicyclic) bond motifs is 1. The fraction of sp³-hybridized carbons (Fsp3) is 0.238. The molecular weight excluding hydrogens is 437 g/mol. The fourth-order valence-corrected chi connectivity index (χ4v) is 3.33. The van der Waals surface area contributed by atoms with Crippen LogP contribution < -0.4 is 4.74 Å². The molecule has 0 saturated heterocycles. The maximum atomic E-state index is 14.6. The molecule has 0 N–H and O–H groups in total. The first kappa shape index (κ1) is 22.2. The van der Waals surface area contributed by atoms with Gasteiger partial charge in [0.1, 0.15) is 17.4 Å². The van der Waals surface area contributed by atoms with Gasteiger partial charge in [0.25, 0.3) is 0 Å². The number of hydrogen-bond donors (Lipinski definition) is 0. The molecular formula is C21H14ClF7O. The molecule has 160 valence electrons. The number of aryl methyl sites for hydroxylation is 1. The molecule has 3 rings (SSSR count). The van der Waals surface area contributed by atoms with E-state index in [0.717, 1.165) is 30.3 Å². The van der Waals surface area contributed by atoms with E-state index < -0.39 is 51.2 Å². The van der Waals surface area contributed by atoms with Crippen molar-refractivity contribution in [1.82, 2.24) is 0 Å². The summed E-state index contributed by atoms with van der Waals surface area (Å²) >= 11 is 5.77. The molecule has 1 nitrogen and oxygen atoms in total. The Balaban J connectivity index is 1.96. The third kappa shape index (κ3) is 4.19. The van der Waals surface area contributed by atoms with Crippen LogP contribution in [-0.2, 0) is 18.7 Å². The normalized spacial score (nSPS) is 12.4. The van der Waals surface area contributed by atoms with Crippen LogP contribution in [0, 0.1) is 11.6 Å². The summed E-state index contributed by atoms with van der Waals surface area (Å²) in [5.41, 5.74) is -2.19. The van der Waals surface area contributed by atoms with Gasteiger partial charge in [-0.15, -0.1) is 0 Å². The van der Waals surface area contributed by atoms with Crippen molar-refractivity contribution in [3.05, 3.63) is 75.8 Å². The Bertz CT molecular complexity index is 1090. The summed E-state index contributed by atoms with van der Waals surface area (Å²) in [6, 6.07) is 6.35. The van der Waals surface area contributed by atoms with Crippen molar-refractivity contribution in [3.8, 4) is 5.75 Å². The Labute approximate surface area is 172 Å². The third-order valence-electron chi connectivity index (χ3n) is 4.47. The summed E-state index contributed by atoms with van der Waals surface area (Å²) in [6.45, 7) is 1.79. The average molecular weight is 451 g/mol. The van der Waals surface area contributed by atoms with E-state index in [2.05, 4.69) is 4.74 Å². The lowest BCUT2D eigenvalue weighted by Gasteiger charge is -2.20. The molecule has 0 aliphatic carbocycles. The first-order valence-electron chi connectivity index (χ1n) is 8.79. The highest BCUT2D eigenvalue weighted by atomic mass is 35.5. The lowest BCUT2D eigenvalue weighted by Crippen LogP contribution is -2.23. The number of ether oxygens (including phenoxy) is 1. The first-order valence-corrected chi connectivity index (χ1v) is 9.17. The van der Waals surface area contributed by atoms with Crippen LogP contribution >= 0.6 is 11.6 Å². The first-order chi connectivity index (χ1) is 14.0. The Morgan fingerprint density at radius 2 is 1.53 bits per heavy atom. The Morgan fingerprint density at radius 3 is 2.17 bits per heavy atom. The molecule has 0 bridgehead atoms.